The van der Waals surface area contributed by atoms with Gasteiger partial charge in [0.25, 0.3) is 0 Å². The topological polar surface area (TPSA) is 147 Å². The van der Waals surface area contributed by atoms with Crippen molar-refractivity contribution in [1.29, 1.82) is 0 Å². The van der Waals surface area contributed by atoms with Gasteiger partial charge in [0.15, 0.2) is 9.84 Å². The fraction of sp³-hybridized carbons (Fsp3) is 0.300. The number of sulfonamides is 1. The Hall–Kier alpha value is -1.49. The van der Waals surface area contributed by atoms with Crippen molar-refractivity contribution >= 4 is 25.8 Å². The Morgan fingerprint density at radius 1 is 1.25 bits per heavy atom. The molecule has 0 atom stereocenters. The van der Waals surface area contributed by atoms with Gasteiger partial charge in [-0.15, -0.1) is 0 Å². The van der Waals surface area contributed by atoms with E-state index in [-0.39, 0.29) is 22.6 Å². The Balaban J connectivity index is 3.89. The van der Waals surface area contributed by atoms with Crippen LogP contribution in [-0.4, -0.2) is 36.2 Å². The molecule has 0 amide bonds. The molecule has 4 N–H and O–H groups in total. The molecule has 0 fully saturated rings. The normalized spacial score (nSPS) is 12.2. The van der Waals surface area contributed by atoms with Crippen molar-refractivity contribution in [3.63, 3.8) is 0 Å². The molecule has 0 unspecified atom stereocenters. The Morgan fingerprint density at radius 3 is 2.15 bits per heavy atom. The molecule has 20 heavy (non-hydrogen) atoms. The van der Waals surface area contributed by atoms with Crippen LogP contribution in [0.2, 0.25) is 0 Å². The number of ether oxygens (including phenoxy) is 1. The molecular weight excluding hydrogens is 308 g/mol. The van der Waals surface area contributed by atoms with E-state index in [0.717, 1.165) is 25.5 Å². The maximum absolute atomic E-state index is 11.7. The zero-order chi connectivity index (χ0) is 15.7. The van der Waals surface area contributed by atoms with Gasteiger partial charge >= 0.3 is 5.97 Å². The molecule has 1 aromatic rings. The lowest BCUT2D eigenvalue weighted by molar-refractivity contribution is 0.0594. The summed E-state index contributed by atoms with van der Waals surface area (Å²) in [5.74, 6) is -0.963. The smallest absolute Gasteiger partial charge is 0.339 e. The number of rotatable bonds is 4. The molecule has 8 nitrogen and oxygen atoms in total. The van der Waals surface area contributed by atoms with Crippen molar-refractivity contribution in [3.8, 4) is 0 Å². The maximum atomic E-state index is 11.7. The van der Waals surface area contributed by atoms with Crippen LogP contribution in [0.15, 0.2) is 21.9 Å². The van der Waals surface area contributed by atoms with Crippen LogP contribution in [-0.2, 0) is 31.1 Å². The lowest BCUT2D eigenvalue weighted by atomic mass is 10.1. The average Bonchev–Trinajstić information content (AvgIpc) is 2.33. The number of nitrogens with two attached hydrogens (primary N) is 2. The lowest BCUT2D eigenvalue weighted by Crippen LogP contribution is -2.21. The molecule has 0 aromatic heterocycles. The fourth-order valence-corrected chi connectivity index (χ4v) is 3.13. The monoisotopic (exact) mass is 322 g/mol. The van der Waals surface area contributed by atoms with E-state index in [1.807, 2.05) is 0 Å². The minimum atomic E-state index is -4.32. The van der Waals surface area contributed by atoms with E-state index in [2.05, 4.69) is 4.74 Å². The van der Waals surface area contributed by atoms with Crippen LogP contribution in [0, 0.1) is 0 Å². The van der Waals surface area contributed by atoms with E-state index >= 15 is 0 Å². The Bertz CT molecular complexity index is 752. The van der Waals surface area contributed by atoms with Crippen molar-refractivity contribution in [2.45, 2.75) is 16.3 Å². The molecule has 1 rings (SSSR count). The van der Waals surface area contributed by atoms with Crippen LogP contribution in [0.4, 0.5) is 0 Å². The first-order valence-electron chi connectivity index (χ1n) is 5.20. The number of esters is 1. The quantitative estimate of drug-likeness (QED) is 0.674. The fourth-order valence-electron chi connectivity index (χ4n) is 1.58. The van der Waals surface area contributed by atoms with Crippen molar-refractivity contribution in [2.75, 3.05) is 13.4 Å². The zero-order valence-corrected chi connectivity index (χ0v) is 12.4. The minimum Gasteiger partial charge on any atom is -0.465 e. The third kappa shape index (κ3) is 3.33. The highest BCUT2D eigenvalue weighted by Crippen LogP contribution is 2.24. The largest absolute Gasteiger partial charge is 0.465 e. The zero-order valence-electron chi connectivity index (χ0n) is 10.8. The summed E-state index contributed by atoms with van der Waals surface area (Å²) >= 11 is 0. The molecule has 0 spiro atoms. The van der Waals surface area contributed by atoms with E-state index in [0.29, 0.717) is 0 Å². The molecule has 112 valence electrons. The SMILES string of the molecule is COC(=O)c1c(CN)cc(S(C)(=O)=O)cc1S(N)(=O)=O. The molecule has 0 aliphatic rings. The number of methoxy groups -OCH3 is 1. The summed E-state index contributed by atoms with van der Waals surface area (Å²) in [6.07, 6.45) is 0.896. The molecule has 1 aromatic carbocycles. The molecular formula is C10H14N2O6S2. The number of primary sulfonamides is 1. The lowest BCUT2D eigenvalue weighted by Gasteiger charge is -2.12. The Morgan fingerprint density at radius 2 is 1.80 bits per heavy atom. The highest BCUT2D eigenvalue weighted by molar-refractivity contribution is 7.91. The van der Waals surface area contributed by atoms with Gasteiger partial charge in [0, 0.05) is 12.8 Å². The highest BCUT2D eigenvalue weighted by Gasteiger charge is 2.26. The maximum Gasteiger partial charge on any atom is 0.339 e. The molecule has 10 heteroatoms. The summed E-state index contributed by atoms with van der Waals surface area (Å²) < 4.78 is 50.7. The summed E-state index contributed by atoms with van der Waals surface area (Å²) in [7, 11) is -6.96. The van der Waals surface area contributed by atoms with Gasteiger partial charge in [0.2, 0.25) is 10.0 Å². The second-order valence-corrected chi connectivity index (χ2v) is 7.51. The number of carbonyl (C=O) groups is 1. The predicted molar refractivity (Wildman–Crippen MR) is 70.2 cm³/mol. The highest BCUT2D eigenvalue weighted by atomic mass is 32.2. The first-order chi connectivity index (χ1) is 9.02. The van der Waals surface area contributed by atoms with Crippen molar-refractivity contribution in [3.05, 3.63) is 23.3 Å². The van der Waals surface area contributed by atoms with Gasteiger partial charge in [-0.1, -0.05) is 0 Å². The summed E-state index contributed by atoms with van der Waals surface area (Å²) in [6.45, 7) is -0.254. The summed E-state index contributed by atoms with van der Waals surface area (Å²) in [5, 5.41) is 5.01. The van der Waals surface area contributed by atoms with E-state index < -0.39 is 30.7 Å². The van der Waals surface area contributed by atoms with E-state index in [9.17, 15) is 21.6 Å². The van der Waals surface area contributed by atoms with Gasteiger partial charge < -0.3 is 10.5 Å². The molecule has 0 bridgehead atoms. The van der Waals surface area contributed by atoms with Crippen LogP contribution in [0.3, 0.4) is 0 Å². The molecule has 0 aliphatic heterocycles. The Kier molecular flexibility index (Phi) is 4.54. The van der Waals surface area contributed by atoms with Crippen LogP contribution in [0.25, 0.3) is 0 Å². The first-order valence-corrected chi connectivity index (χ1v) is 8.64. The van der Waals surface area contributed by atoms with E-state index in [1.54, 1.807) is 0 Å². The van der Waals surface area contributed by atoms with E-state index in [4.69, 9.17) is 10.9 Å². The second-order valence-electron chi connectivity index (χ2n) is 3.97. The Labute approximate surface area is 116 Å². The number of carbonyl (C=O) groups excluding carboxylic acids is 1. The van der Waals surface area contributed by atoms with Crippen LogP contribution < -0.4 is 10.9 Å². The van der Waals surface area contributed by atoms with Gasteiger partial charge in [0.05, 0.1) is 22.5 Å². The molecule has 0 saturated heterocycles. The molecule has 0 radical (unpaired) electrons. The van der Waals surface area contributed by atoms with Crippen LogP contribution >= 0.6 is 0 Å². The standard InChI is InChI=1S/C10H14N2O6S2/c1-18-10(13)9-6(5-11)3-7(19(2,14)15)4-8(9)20(12,16)17/h3-4H,5,11H2,1-2H3,(H2,12,16,17). The first kappa shape index (κ1) is 16.6. The third-order valence-electron chi connectivity index (χ3n) is 2.50. The van der Waals surface area contributed by atoms with Gasteiger partial charge in [-0.25, -0.2) is 26.8 Å². The van der Waals surface area contributed by atoms with Gasteiger partial charge in [-0.05, 0) is 17.7 Å². The van der Waals surface area contributed by atoms with Crippen molar-refractivity contribution in [1.82, 2.24) is 0 Å². The number of sulfone groups is 1. The molecule has 0 heterocycles. The summed E-state index contributed by atoms with van der Waals surface area (Å²) in [4.78, 5) is 10.7. The van der Waals surface area contributed by atoms with Crippen LogP contribution in [0.1, 0.15) is 15.9 Å². The molecule has 0 aliphatic carbocycles. The summed E-state index contributed by atoms with van der Waals surface area (Å²) in [6, 6.07) is 1.94. The number of benzene rings is 1. The van der Waals surface area contributed by atoms with Crippen LogP contribution in [0.5, 0.6) is 0 Å². The van der Waals surface area contributed by atoms with E-state index in [1.165, 1.54) is 0 Å². The van der Waals surface area contributed by atoms with Gasteiger partial charge in [0.1, 0.15) is 0 Å². The molecule has 0 saturated carbocycles. The summed E-state index contributed by atoms with van der Waals surface area (Å²) in [5.41, 5.74) is 5.09. The number of hydrogen-bond acceptors (Lipinski definition) is 7. The van der Waals surface area contributed by atoms with Gasteiger partial charge in [-0.2, -0.15) is 0 Å². The average molecular weight is 322 g/mol. The van der Waals surface area contributed by atoms with Crippen molar-refractivity contribution in [2.24, 2.45) is 10.9 Å². The third-order valence-corrected chi connectivity index (χ3v) is 4.53. The van der Waals surface area contributed by atoms with Gasteiger partial charge in [-0.3, -0.25) is 0 Å². The minimum absolute atomic E-state index is 0.0174. The predicted octanol–water partition coefficient (Wildman–Crippen LogP) is -1.02. The second kappa shape index (κ2) is 5.48. The number of hydrogen-bond donors (Lipinski definition) is 2. The van der Waals surface area contributed by atoms with Crippen molar-refractivity contribution < 1.29 is 26.4 Å².